The highest BCUT2D eigenvalue weighted by Gasteiger charge is 2.12. The first kappa shape index (κ1) is 10.8. The first-order chi connectivity index (χ1) is 7.99. The lowest BCUT2D eigenvalue weighted by molar-refractivity contribution is -0.384. The highest BCUT2D eigenvalue weighted by atomic mass is 16.6. The standard InChI is InChI=1S/C10H7N3O4/c11-7-4-9(10(14)15)12-8-2-1-5(13(16)17)3-6(7)8/h1-4H,(H2,11,12)(H,14,15). The van der Waals surface area contributed by atoms with E-state index in [-0.39, 0.29) is 17.1 Å². The molecule has 7 nitrogen and oxygen atoms in total. The number of anilines is 1. The molecule has 0 saturated carbocycles. The van der Waals surface area contributed by atoms with Gasteiger partial charge in [0.15, 0.2) is 5.69 Å². The van der Waals surface area contributed by atoms with Crippen molar-refractivity contribution < 1.29 is 14.8 Å². The van der Waals surface area contributed by atoms with Crippen molar-refractivity contribution >= 4 is 28.2 Å². The number of nitro benzene ring substituents is 1. The molecule has 2 aromatic rings. The largest absolute Gasteiger partial charge is 0.477 e. The van der Waals surface area contributed by atoms with Crippen LogP contribution in [0.5, 0.6) is 0 Å². The van der Waals surface area contributed by atoms with E-state index >= 15 is 0 Å². The Morgan fingerprint density at radius 1 is 1.41 bits per heavy atom. The first-order valence-corrected chi connectivity index (χ1v) is 4.57. The van der Waals surface area contributed by atoms with Crippen LogP contribution in [0.4, 0.5) is 11.4 Å². The minimum absolute atomic E-state index is 0.117. The van der Waals surface area contributed by atoms with Crippen LogP contribution in [0.15, 0.2) is 24.3 Å². The van der Waals surface area contributed by atoms with Gasteiger partial charge in [0.25, 0.3) is 5.69 Å². The predicted octanol–water partition coefficient (Wildman–Crippen LogP) is 1.42. The van der Waals surface area contributed by atoms with E-state index in [0.717, 1.165) is 0 Å². The average molecular weight is 233 g/mol. The third-order valence-corrected chi connectivity index (χ3v) is 2.25. The van der Waals surface area contributed by atoms with Gasteiger partial charge in [-0.25, -0.2) is 9.78 Å². The van der Waals surface area contributed by atoms with Crippen LogP contribution in [0.2, 0.25) is 0 Å². The van der Waals surface area contributed by atoms with E-state index < -0.39 is 10.9 Å². The zero-order valence-corrected chi connectivity index (χ0v) is 8.45. The number of aromatic carboxylic acids is 1. The molecule has 0 aliphatic carbocycles. The number of fused-ring (bicyclic) bond motifs is 1. The molecular formula is C10H7N3O4. The molecule has 0 amide bonds. The van der Waals surface area contributed by atoms with Gasteiger partial charge >= 0.3 is 5.97 Å². The SMILES string of the molecule is Nc1cc(C(=O)O)nc2ccc([N+](=O)[O-])cc12. The molecule has 0 radical (unpaired) electrons. The summed E-state index contributed by atoms with van der Waals surface area (Å²) in [6.07, 6.45) is 0. The molecule has 0 aliphatic rings. The molecule has 0 bridgehead atoms. The molecule has 17 heavy (non-hydrogen) atoms. The van der Waals surface area contributed by atoms with Gasteiger partial charge in [-0.2, -0.15) is 0 Å². The van der Waals surface area contributed by atoms with Gasteiger partial charge in [-0.15, -0.1) is 0 Å². The Kier molecular flexibility index (Phi) is 2.36. The number of rotatable bonds is 2. The third-order valence-electron chi connectivity index (χ3n) is 2.25. The molecule has 0 aliphatic heterocycles. The van der Waals surface area contributed by atoms with E-state index in [4.69, 9.17) is 10.8 Å². The lowest BCUT2D eigenvalue weighted by atomic mass is 10.1. The molecule has 0 saturated heterocycles. The maximum absolute atomic E-state index is 10.7. The van der Waals surface area contributed by atoms with Gasteiger partial charge in [-0.1, -0.05) is 0 Å². The summed E-state index contributed by atoms with van der Waals surface area (Å²) in [4.78, 5) is 24.6. The minimum Gasteiger partial charge on any atom is -0.477 e. The molecule has 0 atom stereocenters. The fraction of sp³-hybridized carbons (Fsp3) is 0. The number of hydrogen-bond acceptors (Lipinski definition) is 5. The molecule has 2 rings (SSSR count). The summed E-state index contributed by atoms with van der Waals surface area (Å²) in [5.41, 5.74) is 5.79. The van der Waals surface area contributed by atoms with Gasteiger partial charge in [0.05, 0.1) is 10.4 Å². The number of carboxylic acid groups (broad SMARTS) is 1. The Labute approximate surface area is 94.6 Å². The van der Waals surface area contributed by atoms with Crippen molar-refractivity contribution in [1.29, 1.82) is 0 Å². The van der Waals surface area contributed by atoms with E-state index in [1.165, 1.54) is 24.3 Å². The van der Waals surface area contributed by atoms with Gasteiger partial charge in [0.2, 0.25) is 0 Å². The van der Waals surface area contributed by atoms with E-state index in [0.29, 0.717) is 10.9 Å². The molecule has 1 aromatic carbocycles. The Morgan fingerprint density at radius 3 is 2.71 bits per heavy atom. The number of benzene rings is 1. The number of nitro groups is 1. The van der Waals surface area contributed by atoms with Gasteiger partial charge in [0, 0.05) is 23.2 Å². The summed E-state index contributed by atoms with van der Waals surface area (Å²) in [7, 11) is 0. The number of pyridine rings is 1. The van der Waals surface area contributed by atoms with Crippen molar-refractivity contribution in [2.45, 2.75) is 0 Å². The number of nitrogens with two attached hydrogens (primary N) is 1. The number of aromatic nitrogens is 1. The smallest absolute Gasteiger partial charge is 0.354 e. The normalized spacial score (nSPS) is 10.4. The second kappa shape index (κ2) is 3.71. The van der Waals surface area contributed by atoms with Crippen LogP contribution >= 0.6 is 0 Å². The molecule has 1 heterocycles. The van der Waals surface area contributed by atoms with Crippen molar-refractivity contribution in [1.82, 2.24) is 4.98 Å². The van der Waals surface area contributed by atoms with Crippen LogP contribution in [0.25, 0.3) is 10.9 Å². The fourth-order valence-electron chi connectivity index (χ4n) is 1.46. The van der Waals surface area contributed by atoms with E-state index in [2.05, 4.69) is 4.98 Å². The zero-order chi connectivity index (χ0) is 12.6. The van der Waals surface area contributed by atoms with Crippen LogP contribution in [0.3, 0.4) is 0 Å². The first-order valence-electron chi connectivity index (χ1n) is 4.57. The average Bonchev–Trinajstić information content (AvgIpc) is 2.28. The molecule has 1 aromatic heterocycles. The Hall–Kier alpha value is -2.70. The van der Waals surface area contributed by atoms with Crippen molar-refractivity contribution in [3.63, 3.8) is 0 Å². The molecule has 86 valence electrons. The summed E-state index contributed by atoms with van der Waals surface area (Å²) < 4.78 is 0. The molecule has 0 spiro atoms. The van der Waals surface area contributed by atoms with Crippen LogP contribution in [0.1, 0.15) is 10.5 Å². The number of carboxylic acids is 1. The Morgan fingerprint density at radius 2 is 2.12 bits per heavy atom. The van der Waals surface area contributed by atoms with Crippen LogP contribution in [-0.4, -0.2) is 21.0 Å². The van der Waals surface area contributed by atoms with Crippen LogP contribution in [-0.2, 0) is 0 Å². The Balaban J connectivity index is 2.72. The highest BCUT2D eigenvalue weighted by Crippen LogP contribution is 2.25. The molecule has 0 fully saturated rings. The van der Waals surface area contributed by atoms with Crippen LogP contribution < -0.4 is 5.73 Å². The quantitative estimate of drug-likeness (QED) is 0.597. The molecule has 0 unspecified atom stereocenters. The topological polar surface area (TPSA) is 119 Å². The number of carbonyl (C=O) groups is 1. The summed E-state index contributed by atoms with van der Waals surface area (Å²) in [5.74, 6) is -1.20. The van der Waals surface area contributed by atoms with Gasteiger partial charge in [0.1, 0.15) is 0 Å². The summed E-state index contributed by atoms with van der Waals surface area (Å²) in [6, 6.07) is 5.06. The van der Waals surface area contributed by atoms with E-state index in [9.17, 15) is 14.9 Å². The van der Waals surface area contributed by atoms with E-state index in [1.807, 2.05) is 0 Å². The Bertz CT molecular complexity index is 639. The summed E-state index contributed by atoms with van der Waals surface area (Å²) in [6.45, 7) is 0. The number of nitrogens with zero attached hydrogens (tertiary/aromatic N) is 2. The lowest BCUT2D eigenvalue weighted by Crippen LogP contribution is -2.02. The molecule has 3 N–H and O–H groups in total. The second-order valence-corrected chi connectivity index (χ2v) is 3.36. The monoisotopic (exact) mass is 233 g/mol. The fourth-order valence-corrected chi connectivity index (χ4v) is 1.46. The predicted molar refractivity (Wildman–Crippen MR) is 59.8 cm³/mol. The van der Waals surface area contributed by atoms with Crippen molar-refractivity contribution in [3.05, 3.63) is 40.1 Å². The van der Waals surface area contributed by atoms with Crippen LogP contribution in [0, 0.1) is 10.1 Å². The summed E-state index contributed by atoms with van der Waals surface area (Å²) >= 11 is 0. The summed E-state index contributed by atoms with van der Waals surface area (Å²) in [5, 5.41) is 19.7. The third kappa shape index (κ3) is 1.85. The van der Waals surface area contributed by atoms with Crippen molar-refractivity contribution in [2.24, 2.45) is 0 Å². The maximum Gasteiger partial charge on any atom is 0.354 e. The van der Waals surface area contributed by atoms with Gasteiger partial charge < -0.3 is 10.8 Å². The van der Waals surface area contributed by atoms with Gasteiger partial charge in [-0.3, -0.25) is 10.1 Å². The maximum atomic E-state index is 10.7. The van der Waals surface area contributed by atoms with Crippen molar-refractivity contribution in [3.8, 4) is 0 Å². The molecular weight excluding hydrogens is 226 g/mol. The van der Waals surface area contributed by atoms with E-state index in [1.54, 1.807) is 0 Å². The lowest BCUT2D eigenvalue weighted by Gasteiger charge is -2.03. The number of nitrogen functional groups attached to an aromatic ring is 1. The highest BCUT2D eigenvalue weighted by molar-refractivity contribution is 5.97. The van der Waals surface area contributed by atoms with Crippen molar-refractivity contribution in [2.75, 3.05) is 5.73 Å². The molecule has 7 heteroatoms. The number of non-ortho nitro benzene ring substituents is 1. The second-order valence-electron chi connectivity index (χ2n) is 3.36. The number of hydrogen-bond donors (Lipinski definition) is 2. The van der Waals surface area contributed by atoms with Gasteiger partial charge in [-0.05, 0) is 12.1 Å². The minimum atomic E-state index is -1.20. The zero-order valence-electron chi connectivity index (χ0n) is 8.45.